The second kappa shape index (κ2) is 6.28. The number of fused-ring (bicyclic) bond motifs is 1. The van der Waals surface area contributed by atoms with Gasteiger partial charge in [0.15, 0.2) is 0 Å². The maximum atomic E-state index is 13.0. The van der Waals surface area contributed by atoms with Crippen LogP contribution in [-0.4, -0.2) is 34.8 Å². The molecule has 0 fully saturated rings. The lowest BCUT2D eigenvalue weighted by Gasteiger charge is -2.32. The number of carbonyl (C=O) groups excluding carboxylic acids is 2. The average Bonchev–Trinajstić information content (AvgIpc) is 3.00. The molecule has 2 aromatic rings. The molecule has 1 aliphatic rings. The number of aromatic nitrogens is 2. The van der Waals surface area contributed by atoms with Crippen LogP contribution in [0.1, 0.15) is 46.3 Å². The number of hydrogen-bond donors (Lipinski definition) is 0. The Balaban J connectivity index is 2.04. The molecule has 1 aliphatic heterocycles. The highest BCUT2D eigenvalue weighted by Crippen LogP contribution is 2.30. The first-order valence-electron chi connectivity index (χ1n) is 7.76. The summed E-state index contributed by atoms with van der Waals surface area (Å²) in [4.78, 5) is 26.7. The van der Waals surface area contributed by atoms with Crippen LogP contribution < -0.4 is 4.90 Å². The molecule has 3 rings (SSSR count). The van der Waals surface area contributed by atoms with E-state index in [2.05, 4.69) is 5.10 Å². The molecule has 1 aromatic carbocycles. The summed E-state index contributed by atoms with van der Waals surface area (Å²) in [5, 5.41) is 4.85. The van der Waals surface area contributed by atoms with Gasteiger partial charge in [-0.05, 0) is 44.5 Å². The molecule has 1 aromatic heterocycles. The highest BCUT2D eigenvalue weighted by Gasteiger charge is 2.35. The first-order valence-corrected chi connectivity index (χ1v) is 8.14. The van der Waals surface area contributed by atoms with Gasteiger partial charge in [0, 0.05) is 17.3 Å². The lowest BCUT2D eigenvalue weighted by molar-refractivity contribution is 0.0522. The summed E-state index contributed by atoms with van der Waals surface area (Å²) in [7, 11) is 0. The summed E-state index contributed by atoms with van der Waals surface area (Å²) >= 11 is 6.07. The third-order valence-electron chi connectivity index (χ3n) is 4.06. The quantitative estimate of drug-likeness (QED) is 0.799. The molecule has 0 bridgehead atoms. The topological polar surface area (TPSA) is 64.4 Å². The normalized spacial score (nSPS) is 16.9. The van der Waals surface area contributed by atoms with Crippen molar-refractivity contribution in [3.8, 4) is 0 Å². The van der Waals surface area contributed by atoms with Crippen LogP contribution in [0.2, 0.25) is 5.02 Å². The van der Waals surface area contributed by atoms with Gasteiger partial charge in [0.05, 0.1) is 18.8 Å². The maximum Gasteiger partial charge on any atom is 0.342 e. The van der Waals surface area contributed by atoms with Crippen molar-refractivity contribution in [2.24, 2.45) is 0 Å². The number of rotatable bonds is 3. The predicted octanol–water partition coefficient (Wildman–Crippen LogP) is 3.24. The van der Waals surface area contributed by atoms with Crippen LogP contribution in [0, 0.1) is 6.92 Å². The van der Waals surface area contributed by atoms with Crippen molar-refractivity contribution in [2.75, 3.05) is 18.1 Å². The minimum absolute atomic E-state index is 0.0585. The van der Waals surface area contributed by atoms with E-state index in [4.69, 9.17) is 16.3 Å². The number of esters is 1. The number of ether oxygens (including phenoxy) is 1. The van der Waals surface area contributed by atoms with Crippen molar-refractivity contribution in [3.63, 3.8) is 0 Å². The van der Waals surface area contributed by atoms with Crippen molar-refractivity contribution in [1.82, 2.24) is 9.78 Å². The zero-order valence-corrected chi connectivity index (χ0v) is 14.5. The SMILES string of the molecule is CCOC(=O)c1cnn2c1C(=O)N(c1ccc(Cl)c(C)c1)C[C@@H]2C. The zero-order valence-electron chi connectivity index (χ0n) is 13.7. The average molecular weight is 348 g/mol. The van der Waals surface area contributed by atoms with Crippen LogP contribution in [-0.2, 0) is 4.74 Å². The molecule has 1 amide bonds. The summed E-state index contributed by atoms with van der Waals surface area (Å²) < 4.78 is 6.62. The molecule has 2 heterocycles. The van der Waals surface area contributed by atoms with Crippen LogP contribution in [0.15, 0.2) is 24.4 Å². The Morgan fingerprint density at radius 1 is 1.46 bits per heavy atom. The number of nitrogens with zero attached hydrogens (tertiary/aromatic N) is 3. The number of hydrogen-bond acceptors (Lipinski definition) is 4. The first-order chi connectivity index (χ1) is 11.4. The fourth-order valence-corrected chi connectivity index (χ4v) is 2.96. The molecular formula is C17H18ClN3O3. The van der Waals surface area contributed by atoms with E-state index >= 15 is 0 Å². The molecule has 6 nitrogen and oxygen atoms in total. The Hall–Kier alpha value is -2.34. The van der Waals surface area contributed by atoms with Crippen molar-refractivity contribution in [2.45, 2.75) is 26.8 Å². The van der Waals surface area contributed by atoms with Gasteiger partial charge in [-0.15, -0.1) is 0 Å². The van der Waals surface area contributed by atoms with Gasteiger partial charge in [-0.3, -0.25) is 9.48 Å². The van der Waals surface area contributed by atoms with Crippen LogP contribution in [0.25, 0.3) is 0 Å². The Bertz CT molecular complexity index is 815. The molecule has 0 spiro atoms. The predicted molar refractivity (Wildman–Crippen MR) is 90.8 cm³/mol. The molecule has 126 valence electrons. The van der Waals surface area contributed by atoms with Gasteiger partial charge < -0.3 is 9.64 Å². The van der Waals surface area contributed by atoms with Crippen molar-refractivity contribution in [3.05, 3.63) is 46.2 Å². The van der Waals surface area contributed by atoms with E-state index in [1.165, 1.54) is 6.20 Å². The third kappa shape index (κ3) is 2.67. The van der Waals surface area contributed by atoms with Gasteiger partial charge in [-0.25, -0.2) is 4.79 Å². The van der Waals surface area contributed by atoms with E-state index in [0.29, 0.717) is 11.6 Å². The Morgan fingerprint density at radius 3 is 2.88 bits per heavy atom. The van der Waals surface area contributed by atoms with E-state index in [1.54, 1.807) is 28.6 Å². The number of amides is 1. The molecule has 1 atom stereocenters. The lowest BCUT2D eigenvalue weighted by atomic mass is 10.1. The van der Waals surface area contributed by atoms with Crippen molar-refractivity contribution in [1.29, 1.82) is 0 Å². The number of anilines is 1. The van der Waals surface area contributed by atoms with E-state index in [1.807, 2.05) is 19.9 Å². The van der Waals surface area contributed by atoms with E-state index in [-0.39, 0.29) is 29.8 Å². The second-order valence-electron chi connectivity index (χ2n) is 5.77. The van der Waals surface area contributed by atoms with Crippen molar-refractivity contribution >= 4 is 29.2 Å². The van der Waals surface area contributed by atoms with Gasteiger partial charge in [0.25, 0.3) is 5.91 Å². The number of carbonyl (C=O) groups is 2. The number of benzene rings is 1. The minimum Gasteiger partial charge on any atom is -0.462 e. The third-order valence-corrected chi connectivity index (χ3v) is 4.48. The highest BCUT2D eigenvalue weighted by atomic mass is 35.5. The van der Waals surface area contributed by atoms with Crippen molar-refractivity contribution < 1.29 is 14.3 Å². The summed E-state index contributed by atoms with van der Waals surface area (Å²) in [6.45, 7) is 6.27. The van der Waals surface area contributed by atoms with Crippen LogP contribution >= 0.6 is 11.6 Å². The van der Waals surface area contributed by atoms with Gasteiger partial charge >= 0.3 is 5.97 Å². The Morgan fingerprint density at radius 2 is 2.21 bits per heavy atom. The molecule has 7 heteroatoms. The molecule has 0 unspecified atom stereocenters. The first kappa shape index (κ1) is 16.5. The smallest absolute Gasteiger partial charge is 0.342 e. The standard InChI is InChI=1S/C17H18ClN3O3/c1-4-24-17(23)13-8-19-21-11(3)9-20(16(22)15(13)21)12-5-6-14(18)10(2)7-12/h5-8,11H,4,9H2,1-3H3/t11-/m0/s1. The lowest BCUT2D eigenvalue weighted by Crippen LogP contribution is -2.43. The van der Waals surface area contributed by atoms with Gasteiger partial charge in [-0.1, -0.05) is 11.6 Å². The van der Waals surface area contributed by atoms with E-state index in [9.17, 15) is 9.59 Å². The van der Waals surface area contributed by atoms with E-state index in [0.717, 1.165) is 11.3 Å². The van der Waals surface area contributed by atoms with Crippen LogP contribution in [0.3, 0.4) is 0 Å². The fraction of sp³-hybridized carbons (Fsp3) is 0.353. The number of halogens is 1. The van der Waals surface area contributed by atoms with Gasteiger partial charge in [0.1, 0.15) is 11.3 Å². The Labute approximate surface area is 145 Å². The maximum absolute atomic E-state index is 13.0. The largest absolute Gasteiger partial charge is 0.462 e. The molecular weight excluding hydrogens is 330 g/mol. The number of aryl methyl sites for hydroxylation is 1. The Kier molecular flexibility index (Phi) is 4.32. The zero-order chi connectivity index (χ0) is 17.4. The van der Waals surface area contributed by atoms with Crippen LogP contribution in [0.5, 0.6) is 0 Å². The minimum atomic E-state index is -0.534. The van der Waals surface area contributed by atoms with Crippen LogP contribution in [0.4, 0.5) is 5.69 Å². The summed E-state index contributed by atoms with van der Waals surface area (Å²) in [6, 6.07) is 5.37. The molecule has 0 radical (unpaired) electrons. The molecule has 0 saturated heterocycles. The highest BCUT2D eigenvalue weighted by molar-refractivity contribution is 6.31. The van der Waals surface area contributed by atoms with Gasteiger partial charge in [0.2, 0.25) is 0 Å². The van der Waals surface area contributed by atoms with E-state index < -0.39 is 5.97 Å². The fourth-order valence-electron chi connectivity index (χ4n) is 2.84. The molecule has 0 saturated carbocycles. The molecule has 24 heavy (non-hydrogen) atoms. The molecule has 0 N–H and O–H groups in total. The second-order valence-corrected chi connectivity index (χ2v) is 6.18. The summed E-state index contributed by atoms with van der Waals surface area (Å²) in [6.07, 6.45) is 1.40. The summed E-state index contributed by atoms with van der Waals surface area (Å²) in [5.41, 5.74) is 2.10. The molecule has 0 aliphatic carbocycles. The summed E-state index contributed by atoms with van der Waals surface area (Å²) in [5.74, 6) is -0.802. The monoisotopic (exact) mass is 347 g/mol. The van der Waals surface area contributed by atoms with Gasteiger partial charge in [-0.2, -0.15) is 5.10 Å².